The Bertz CT molecular complexity index is 120. The summed E-state index contributed by atoms with van der Waals surface area (Å²) in [4.78, 5) is 0. The molecule has 0 saturated carbocycles. The summed E-state index contributed by atoms with van der Waals surface area (Å²) in [5.74, 6) is 0. The van der Waals surface area contributed by atoms with E-state index >= 15 is 0 Å². The molecule has 4 nitrogen and oxygen atoms in total. The molecular weight excluding hydrogens is 186 g/mol. The fourth-order valence-electron chi connectivity index (χ4n) is 1.03. The molecule has 0 unspecified atom stereocenters. The highest BCUT2D eigenvalue weighted by Crippen LogP contribution is 2.05. The van der Waals surface area contributed by atoms with Gasteiger partial charge in [0.25, 0.3) is 0 Å². The average molecular weight is 207 g/mol. The van der Waals surface area contributed by atoms with E-state index in [0.29, 0.717) is 12.8 Å². The topological polar surface area (TPSA) is 39.7 Å². The molecule has 0 aliphatic carbocycles. The van der Waals surface area contributed by atoms with E-state index < -0.39 is 8.80 Å². The van der Waals surface area contributed by atoms with E-state index in [1.54, 1.807) is 14.2 Å². The third-order valence-electron chi connectivity index (χ3n) is 1.75. The molecule has 0 fully saturated rings. The monoisotopic (exact) mass is 207 g/mol. The predicted octanol–water partition coefficient (Wildman–Crippen LogP) is 0.793. The second kappa shape index (κ2) is 7.46. The van der Waals surface area contributed by atoms with E-state index in [2.05, 4.69) is 12.2 Å². The zero-order valence-corrected chi connectivity index (χ0v) is 10.1. The van der Waals surface area contributed by atoms with Crippen LogP contribution in [-0.2, 0) is 13.3 Å². The van der Waals surface area contributed by atoms with Crippen molar-refractivity contribution in [2.45, 2.75) is 20.3 Å². The fraction of sp³-hybridized carbons (Fsp3) is 1.00. The molecule has 0 atom stereocenters. The van der Waals surface area contributed by atoms with Crippen LogP contribution in [0, 0.1) is 0 Å². The van der Waals surface area contributed by atoms with Gasteiger partial charge in [-0.3, -0.25) is 0 Å². The summed E-state index contributed by atoms with van der Waals surface area (Å²) in [5.41, 5.74) is 0. The Balaban J connectivity index is 3.89. The fourth-order valence-corrected chi connectivity index (χ4v) is 2.75. The summed E-state index contributed by atoms with van der Waals surface area (Å²) in [7, 11) is 0.884. The van der Waals surface area contributed by atoms with Crippen LogP contribution in [0.1, 0.15) is 20.3 Å². The lowest BCUT2D eigenvalue weighted by atomic mass is 10.5. The van der Waals surface area contributed by atoms with Crippen LogP contribution in [0.3, 0.4) is 0 Å². The van der Waals surface area contributed by atoms with Crippen LogP contribution in [0.25, 0.3) is 0 Å². The van der Waals surface area contributed by atoms with Crippen molar-refractivity contribution < 1.29 is 13.3 Å². The summed E-state index contributed by atoms with van der Waals surface area (Å²) in [5, 5.41) is 3.25. The summed E-state index contributed by atoms with van der Waals surface area (Å²) in [6, 6.07) is 0. The van der Waals surface area contributed by atoms with Gasteiger partial charge in [-0.2, -0.15) is 0 Å². The van der Waals surface area contributed by atoms with Gasteiger partial charge in [0.05, 0.1) is 6.17 Å². The molecule has 0 spiro atoms. The Morgan fingerprint density at radius 1 is 1.15 bits per heavy atom. The lowest BCUT2D eigenvalue weighted by Crippen LogP contribution is -2.53. The summed E-state index contributed by atoms with van der Waals surface area (Å²) in [6.07, 6.45) is 1.78. The van der Waals surface area contributed by atoms with Gasteiger partial charge in [-0.25, -0.2) is 0 Å². The van der Waals surface area contributed by atoms with Gasteiger partial charge in [0.2, 0.25) is 0 Å². The average Bonchev–Trinajstić information content (AvgIpc) is 2.17. The first-order valence-corrected chi connectivity index (χ1v) is 6.62. The molecule has 0 amide bonds. The molecule has 1 N–H and O–H groups in total. The summed E-state index contributed by atoms with van der Waals surface area (Å²) >= 11 is 0. The Labute approximate surface area is 81.9 Å². The van der Waals surface area contributed by atoms with Gasteiger partial charge in [-0.1, -0.05) is 6.92 Å². The standard InChI is InChI=1S/C8H21NO3Si/c1-5-7-9-8-13(10-3,11-4)12-6-2/h9H,5-8H2,1-4H3. The van der Waals surface area contributed by atoms with E-state index in [1.807, 2.05) is 6.92 Å². The molecular formula is C8H21NO3Si. The molecule has 0 radical (unpaired) electrons. The van der Waals surface area contributed by atoms with Crippen molar-refractivity contribution >= 4 is 8.80 Å². The third kappa shape index (κ3) is 4.73. The van der Waals surface area contributed by atoms with Crippen LogP contribution in [-0.4, -0.2) is 42.3 Å². The lowest BCUT2D eigenvalue weighted by Gasteiger charge is -2.25. The van der Waals surface area contributed by atoms with Crippen LogP contribution in [0.5, 0.6) is 0 Å². The Kier molecular flexibility index (Phi) is 7.49. The Morgan fingerprint density at radius 2 is 1.77 bits per heavy atom. The molecule has 13 heavy (non-hydrogen) atoms. The minimum absolute atomic E-state index is 0.627. The van der Waals surface area contributed by atoms with Crippen molar-refractivity contribution in [3.63, 3.8) is 0 Å². The molecule has 0 rings (SSSR count). The maximum Gasteiger partial charge on any atom is 0.514 e. The van der Waals surface area contributed by atoms with Crippen LogP contribution < -0.4 is 5.32 Å². The van der Waals surface area contributed by atoms with E-state index in [9.17, 15) is 0 Å². The van der Waals surface area contributed by atoms with E-state index in [1.165, 1.54) is 0 Å². The lowest BCUT2D eigenvalue weighted by molar-refractivity contribution is 0.102. The number of hydrogen-bond acceptors (Lipinski definition) is 4. The molecule has 0 aliphatic rings. The molecule has 0 aromatic rings. The SMILES string of the molecule is CCCNC[Si](OC)(OC)OCC. The van der Waals surface area contributed by atoms with Crippen molar-refractivity contribution in [1.29, 1.82) is 0 Å². The van der Waals surface area contributed by atoms with E-state index in [-0.39, 0.29) is 0 Å². The first-order chi connectivity index (χ1) is 6.24. The van der Waals surface area contributed by atoms with Gasteiger partial charge in [0.15, 0.2) is 0 Å². The van der Waals surface area contributed by atoms with Gasteiger partial charge in [0.1, 0.15) is 0 Å². The molecule has 5 heteroatoms. The van der Waals surface area contributed by atoms with Gasteiger partial charge in [0, 0.05) is 20.8 Å². The molecule has 0 heterocycles. The quantitative estimate of drug-likeness (QED) is 0.472. The number of nitrogens with one attached hydrogen (secondary N) is 1. The van der Waals surface area contributed by atoms with Crippen LogP contribution in [0.15, 0.2) is 0 Å². The highest BCUT2D eigenvalue weighted by Gasteiger charge is 2.37. The van der Waals surface area contributed by atoms with Crippen LogP contribution >= 0.6 is 0 Å². The highest BCUT2D eigenvalue weighted by atomic mass is 28.4. The predicted molar refractivity (Wildman–Crippen MR) is 54.6 cm³/mol. The molecule has 0 aromatic carbocycles. The van der Waals surface area contributed by atoms with Crippen molar-refractivity contribution in [3.8, 4) is 0 Å². The van der Waals surface area contributed by atoms with Gasteiger partial charge in [-0.05, 0) is 19.9 Å². The van der Waals surface area contributed by atoms with Gasteiger partial charge >= 0.3 is 8.80 Å². The molecule has 0 aliphatic heterocycles. The molecule has 0 bridgehead atoms. The number of rotatable bonds is 8. The van der Waals surface area contributed by atoms with E-state index in [4.69, 9.17) is 13.3 Å². The Hall–Kier alpha value is 0.0569. The Morgan fingerprint density at radius 3 is 2.15 bits per heavy atom. The minimum Gasteiger partial charge on any atom is -0.376 e. The largest absolute Gasteiger partial charge is 0.514 e. The number of hydrogen-bond donors (Lipinski definition) is 1. The molecule has 0 aromatic heterocycles. The second-order valence-electron chi connectivity index (χ2n) is 2.70. The first kappa shape index (κ1) is 13.1. The molecule has 0 saturated heterocycles. The highest BCUT2D eigenvalue weighted by molar-refractivity contribution is 6.60. The molecule has 80 valence electrons. The van der Waals surface area contributed by atoms with Crippen LogP contribution in [0.2, 0.25) is 0 Å². The van der Waals surface area contributed by atoms with Crippen molar-refractivity contribution in [2.75, 3.05) is 33.5 Å². The maximum atomic E-state index is 5.51. The normalized spacial score (nSPS) is 12.0. The summed E-state index contributed by atoms with van der Waals surface area (Å²) < 4.78 is 16.1. The maximum absolute atomic E-state index is 5.51. The summed E-state index contributed by atoms with van der Waals surface area (Å²) in [6.45, 7) is 5.66. The van der Waals surface area contributed by atoms with Crippen molar-refractivity contribution in [3.05, 3.63) is 0 Å². The van der Waals surface area contributed by atoms with Crippen molar-refractivity contribution in [1.82, 2.24) is 5.32 Å². The first-order valence-electron chi connectivity index (χ1n) is 4.69. The van der Waals surface area contributed by atoms with Gasteiger partial charge < -0.3 is 18.6 Å². The van der Waals surface area contributed by atoms with Crippen molar-refractivity contribution in [2.24, 2.45) is 0 Å². The van der Waals surface area contributed by atoms with E-state index in [0.717, 1.165) is 13.0 Å². The zero-order chi connectivity index (χ0) is 10.2. The second-order valence-corrected chi connectivity index (χ2v) is 5.53. The van der Waals surface area contributed by atoms with Crippen LogP contribution in [0.4, 0.5) is 0 Å². The van der Waals surface area contributed by atoms with Gasteiger partial charge in [-0.15, -0.1) is 0 Å². The zero-order valence-electron chi connectivity index (χ0n) is 9.05. The minimum atomic E-state index is -2.39. The smallest absolute Gasteiger partial charge is 0.376 e. The third-order valence-corrected chi connectivity index (χ3v) is 4.41.